The molecule has 0 saturated carbocycles. The SMILES string of the molecule is CC.CC.CC.CC.CC(C)c1ccccc1.CCCCc1ccccc1.CCCc1ccccc1.CCc1ccccc1. The normalized spacial score (nSPS) is 8.41. The van der Waals surface area contributed by atoms with E-state index < -0.39 is 0 Å². The van der Waals surface area contributed by atoms with E-state index in [-0.39, 0.29) is 0 Å². The van der Waals surface area contributed by atoms with E-state index in [9.17, 15) is 0 Å². The second-order valence-electron chi connectivity index (χ2n) is 9.23. The summed E-state index contributed by atoms with van der Waals surface area (Å²) in [7, 11) is 0. The van der Waals surface area contributed by atoms with E-state index >= 15 is 0 Å². The Morgan fingerprint density at radius 3 is 0.955 bits per heavy atom. The van der Waals surface area contributed by atoms with Crippen LogP contribution in [0.2, 0.25) is 0 Å². The van der Waals surface area contributed by atoms with E-state index in [0.29, 0.717) is 5.92 Å². The van der Waals surface area contributed by atoms with Gasteiger partial charge in [0.2, 0.25) is 0 Å². The first kappa shape index (κ1) is 47.8. The molecule has 0 heteroatoms. The lowest BCUT2D eigenvalue weighted by molar-refractivity contribution is 0.795. The Balaban J connectivity index is -0.000000225. The lowest BCUT2D eigenvalue weighted by atomic mass is 10.0. The molecule has 0 amide bonds. The second kappa shape index (κ2) is 42.0. The molecule has 0 saturated heterocycles. The highest BCUT2D eigenvalue weighted by molar-refractivity contribution is 5.18. The Morgan fingerprint density at radius 2 is 0.705 bits per heavy atom. The van der Waals surface area contributed by atoms with Crippen LogP contribution in [0.3, 0.4) is 0 Å². The molecule has 44 heavy (non-hydrogen) atoms. The van der Waals surface area contributed by atoms with Gasteiger partial charge in [-0.1, -0.05) is 224 Å². The summed E-state index contributed by atoms with van der Waals surface area (Å²) in [6.45, 7) is 27.0. The zero-order valence-electron chi connectivity index (χ0n) is 31.4. The molecule has 0 aliphatic carbocycles. The number of unbranched alkanes of at least 4 members (excludes halogenated alkanes) is 1. The van der Waals surface area contributed by atoms with E-state index in [4.69, 9.17) is 0 Å². The number of rotatable bonds is 7. The fourth-order valence-electron chi connectivity index (χ4n) is 3.51. The maximum absolute atomic E-state index is 2.23. The van der Waals surface area contributed by atoms with E-state index in [1.165, 1.54) is 54.4 Å². The van der Waals surface area contributed by atoms with Crippen LogP contribution in [0.1, 0.15) is 137 Å². The minimum absolute atomic E-state index is 0.659. The van der Waals surface area contributed by atoms with Crippen LogP contribution in [-0.2, 0) is 19.3 Å². The molecule has 0 atom stereocenters. The van der Waals surface area contributed by atoms with Crippen LogP contribution in [-0.4, -0.2) is 0 Å². The van der Waals surface area contributed by atoms with Gasteiger partial charge >= 0.3 is 0 Å². The molecule has 4 rings (SSSR count). The third-order valence-corrected chi connectivity index (χ3v) is 5.76. The molecule has 4 aromatic rings. The number of aryl methyl sites for hydroxylation is 3. The lowest BCUT2D eigenvalue weighted by Crippen LogP contribution is -1.83. The topological polar surface area (TPSA) is 0 Å². The smallest absolute Gasteiger partial charge is 0.0219 e. The summed E-state index contributed by atoms with van der Waals surface area (Å²) in [5.74, 6) is 0.659. The van der Waals surface area contributed by atoms with Crippen LogP contribution in [0.4, 0.5) is 0 Å². The van der Waals surface area contributed by atoms with E-state index in [1.807, 2.05) is 67.5 Å². The Hall–Kier alpha value is -3.12. The summed E-state index contributed by atoms with van der Waals surface area (Å²) in [5.41, 5.74) is 5.73. The van der Waals surface area contributed by atoms with Crippen molar-refractivity contribution in [3.05, 3.63) is 144 Å². The molecule has 0 heterocycles. The Morgan fingerprint density at radius 1 is 0.386 bits per heavy atom. The molecule has 0 unspecified atom stereocenters. The standard InChI is InChI=1S/C10H14.2C9H12.C8H10.4C2H6/c1-2-3-7-10-8-5-4-6-9-10;1-8(2)9-6-4-3-5-7-9;1-2-6-9-7-4-3-5-8-9;1-2-8-6-4-3-5-7-8;4*1-2/h4-6,8-9H,2-3,7H2,1H3;3-8H,1-2H3;3-5,7-8H,2,6H2,1H3;3-7H,2H2,1H3;4*1-2H3. The largest absolute Gasteiger partial charge is 0.0683 e. The highest BCUT2D eigenvalue weighted by Gasteiger charge is 1.93. The van der Waals surface area contributed by atoms with Crippen molar-refractivity contribution < 1.29 is 0 Å². The third-order valence-electron chi connectivity index (χ3n) is 5.76. The Bertz CT molecular complexity index is 957. The van der Waals surface area contributed by atoms with Crippen LogP contribution >= 0.6 is 0 Å². The first-order chi connectivity index (χ1) is 21.6. The van der Waals surface area contributed by atoms with Gasteiger partial charge in [0.05, 0.1) is 0 Å². The first-order valence-corrected chi connectivity index (χ1v) is 17.8. The van der Waals surface area contributed by atoms with Crippen molar-refractivity contribution in [3.8, 4) is 0 Å². The van der Waals surface area contributed by atoms with Gasteiger partial charge in [-0.05, 0) is 53.9 Å². The van der Waals surface area contributed by atoms with Crippen molar-refractivity contribution in [2.45, 2.75) is 134 Å². The summed E-state index contributed by atoms with van der Waals surface area (Å²) in [6, 6.07) is 42.2. The van der Waals surface area contributed by atoms with Gasteiger partial charge in [-0.3, -0.25) is 0 Å². The molecular weight excluding hydrogens is 528 g/mol. The molecule has 0 spiro atoms. The van der Waals surface area contributed by atoms with E-state index in [0.717, 1.165) is 6.42 Å². The number of benzene rings is 4. The van der Waals surface area contributed by atoms with Crippen LogP contribution in [0.25, 0.3) is 0 Å². The molecule has 0 aliphatic heterocycles. The number of hydrogen-bond donors (Lipinski definition) is 0. The highest BCUT2D eigenvalue weighted by atomic mass is 14.0. The Kier molecular flexibility index (Phi) is 45.6. The summed E-state index contributed by atoms with van der Waals surface area (Å²) < 4.78 is 0. The van der Waals surface area contributed by atoms with Gasteiger partial charge in [0.1, 0.15) is 0 Å². The second-order valence-corrected chi connectivity index (χ2v) is 9.23. The van der Waals surface area contributed by atoms with Crippen molar-refractivity contribution in [2.75, 3.05) is 0 Å². The minimum atomic E-state index is 0.659. The Labute approximate surface area is 277 Å². The monoisotopic (exact) mass is 601 g/mol. The van der Waals surface area contributed by atoms with Crippen molar-refractivity contribution >= 4 is 0 Å². The molecule has 4 aromatic carbocycles. The summed E-state index contributed by atoms with van der Waals surface area (Å²) in [4.78, 5) is 0. The summed E-state index contributed by atoms with van der Waals surface area (Å²) in [6.07, 6.45) is 7.42. The fourth-order valence-corrected chi connectivity index (χ4v) is 3.51. The molecular formula is C44H72. The van der Waals surface area contributed by atoms with Gasteiger partial charge in [-0.15, -0.1) is 0 Å². The van der Waals surface area contributed by atoms with Crippen molar-refractivity contribution in [3.63, 3.8) is 0 Å². The van der Waals surface area contributed by atoms with Gasteiger partial charge in [0.25, 0.3) is 0 Å². The molecule has 0 aromatic heterocycles. The van der Waals surface area contributed by atoms with Crippen LogP contribution in [0.15, 0.2) is 121 Å². The number of hydrogen-bond acceptors (Lipinski definition) is 0. The maximum Gasteiger partial charge on any atom is -0.0219 e. The highest BCUT2D eigenvalue weighted by Crippen LogP contribution is 2.11. The molecule has 0 N–H and O–H groups in total. The summed E-state index contributed by atoms with van der Waals surface area (Å²) in [5, 5.41) is 0. The average Bonchev–Trinajstić information content (AvgIpc) is 3.13. The zero-order chi connectivity index (χ0) is 34.3. The molecule has 0 aliphatic rings. The molecule has 248 valence electrons. The van der Waals surface area contributed by atoms with Gasteiger partial charge in [-0.2, -0.15) is 0 Å². The lowest BCUT2D eigenvalue weighted by Gasteiger charge is -2.01. The molecule has 0 radical (unpaired) electrons. The quantitative estimate of drug-likeness (QED) is 0.198. The van der Waals surface area contributed by atoms with E-state index in [2.05, 4.69) is 144 Å². The van der Waals surface area contributed by atoms with Gasteiger partial charge < -0.3 is 0 Å². The van der Waals surface area contributed by atoms with Gasteiger partial charge in [0.15, 0.2) is 0 Å². The zero-order valence-corrected chi connectivity index (χ0v) is 31.4. The van der Waals surface area contributed by atoms with Crippen LogP contribution < -0.4 is 0 Å². The molecule has 0 nitrogen and oxygen atoms in total. The third kappa shape index (κ3) is 31.8. The maximum atomic E-state index is 2.23. The predicted molar refractivity (Wildman–Crippen MR) is 207 cm³/mol. The fraction of sp³-hybridized carbons (Fsp3) is 0.455. The predicted octanol–water partition coefficient (Wildman–Crippen LogP) is 14.8. The summed E-state index contributed by atoms with van der Waals surface area (Å²) >= 11 is 0. The van der Waals surface area contributed by atoms with Crippen LogP contribution in [0, 0.1) is 0 Å². The van der Waals surface area contributed by atoms with E-state index in [1.54, 1.807) is 0 Å². The van der Waals surface area contributed by atoms with Crippen LogP contribution in [0.5, 0.6) is 0 Å². The van der Waals surface area contributed by atoms with Gasteiger partial charge in [0, 0.05) is 0 Å². The molecule has 0 bridgehead atoms. The van der Waals surface area contributed by atoms with Gasteiger partial charge in [-0.25, -0.2) is 0 Å². The molecule has 0 fully saturated rings. The van der Waals surface area contributed by atoms with Crippen molar-refractivity contribution in [1.82, 2.24) is 0 Å². The van der Waals surface area contributed by atoms with Crippen molar-refractivity contribution in [2.24, 2.45) is 0 Å². The van der Waals surface area contributed by atoms with Crippen molar-refractivity contribution in [1.29, 1.82) is 0 Å². The average molecular weight is 601 g/mol. The first-order valence-electron chi connectivity index (χ1n) is 17.8. The minimum Gasteiger partial charge on any atom is -0.0683 e.